The highest BCUT2D eigenvalue weighted by molar-refractivity contribution is 6.10. The number of allylic oxidation sites excluding steroid dienone is 2. The molecule has 0 unspecified atom stereocenters. The van der Waals surface area contributed by atoms with Crippen molar-refractivity contribution in [1.29, 1.82) is 0 Å². The number of aryl methyl sites for hydroxylation is 1. The van der Waals surface area contributed by atoms with Crippen LogP contribution in [0.5, 0.6) is 0 Å². The molecule has 130 valence electrons. The zero-order chi connectivity index (χ0) is 17.8. The second-order valence-corrected chi connectivity index (χ2v) is 7.59. The van der Waals surface area contributed by atoms with Crippen LogP contribution in [0.3, 0.4) is 0 Å². The van der Waals surface area contributed by atoms with Gasteiger partial charge in [-0.05, 0) is 70.2 Å². The van der Waals surface area contributed by atoms with Gasteiger partial charge < -0.3 is 10.3 Å². The zero-order valence-corrected chi connectivity index (χ0v) is 15.2. The van der Waals surface area contributed by atoms with Gasteiger partial charge in [0.1, 0.15) is 0 Å². The second-order valence-electron chi connectivity index (χ2n) is 7.59. The molecule has 1 aromatic heterocycles. The van der Waals surface area contributed by atoms with E-state index in [0.29, 0.717) is 0 Å². The van der Waals surface area contributed by atoms with Crippen molar-refractivity contribution in [1.82, 2.24) is 10.4 Å². The Hall–Kier alpha value is -2.56. The molecular weight excluding hydrogens is 312 g/mol. The molecule has 2 aliphatic rings. The topological polar surface area (TPSA) is 69.3 Å². The molecule has 0 atom stereocenters. The standard InChI is InChI=1S/C20H24N4O/c1-11-7-5-6-8-13-14-9-15-17(22-19(25)20(15,3)4)10-16(14)21-18(13)12(2)24-23-11/h7,9-10,21,23H,5-6,8H2,1-4H3,(H,22,25)/b11-7+,24-12+. The van der Waals surface area contributed by atoms with Gasteiger partial charge >= 0.3 is 0 Å². The molecule has 25 heavy (non-hydrogen) atoms. The molecule has 2 aliphatic heterocycles. The number of rotatable bonds is 0. The molecule has 0 radical (unpaired) electrons. The van der Waals surface area contributed by atoms with Gasteiger partial charge in [0.2, 0.25) is 5.91 Å². The van der Waals surface area contributed by atoms with Crippen molar-refractivity contribution in [2.24, 2.45) is 5.10 Å². The van der Waals surface area contributed by atoms with E-state index in [1.54, 1.807) is 0 Å². The van der Waals surface area contributed by atoms with Gasteiger partial charge in [-0.2, -0.15) is 5.10 Å². The molecule has 5 nitrogen and oxygen atoms in total. The first-order valence-electron chi connectivity index (χ1n) is 8.86. The molecule has 5 heteroatoms. The highest BCUT2D eigenvalue weighted by atomic mass is 16.2. The molecule has 1 amide bonds. The maximum absolute atomic E-state index is 12.3. The third-order valence-corrected chi connectivity index (χ3v) is 5.38. The average molecular weight is 336 g/mol. The maximum atomic E-state index is 12.3. The van der Waals surface area contributed by atoms with Crippen LogP contribution in [-0.2, 0) is 16.6 Å². The normalized spacial score (nSPS) is 23.6. The first-order chi connectivity index (χ1) is 11.9. The largest absolute Gasteiger partial charge is 0.353 e. The molecule has 4 rings (SSSR count). The fourth-order valence-electron chi connectivity index (χ4n) is 3.76. The van der Waals surface area contributed by atoms with Crippen molar-refractivity contribution in [2.75, 3.05) is 5.32 Å². The number of anilines is 1. The number of hydrogen-bond donors (Lipinski definition) is 3. The number of amides is 1. The molecule has 0 aliphatic carbocycles. The van der Waals surface area contributed by atoms with Crippen LogP contribution in [0.15, 0.2) is 29.0 Å². The predicted octanol–water partition coefficient (Wildman–Crippen LogP) is 3.95. The van der Waals surface area contributed by atoms with Gasteiger partial charge in [0, 0.05) is 22.3 Å². The summed E-state index contributed by atoms with van der Waals surface area (Å²) in [7, 11) is 0. The van der Waals surface area contributed by atoms with Crippen molar-refractivity contribution in [3.63, 3.8) is 0 Å². The summed E-state index contributed by atoms with van der Waals surface area (Å²) in [5, 5.41) is 8.73. The van der Waals surface area contributed by atoms with Crippen LogP contribution in [-0.4, -0.2) is 16.6 Å². The van der Waals surface area contributed by atoms with E-state index in [9.17, 15) is 4.79 Å². The fourth-order valence-corrected chi connectivity index (χ4v) is 3.76. The Morgan fingerprint density at radius 2 is 2.00 bits per heavy atom. The lowest BCUT2D eigenvalue weighted by Crippen LogP contribution is -2.26. The summed E-state index contributed by atoms with van der Waals surface area (Å²) in [5.74, 6) is 0.0638. The fraction of sp³-hybridized carbons (Fsp3) is 0.400. The number of hydrogen-bond acceptors (Lipinski definition) is 3. The van der Waals surface area contributed by atoms with E-state index in [-0.39, 0.29) is 5.91 Å². The summed E-state index contributed by atoms with van der Waals surface area (Å²) in [4.78, 5) is 15.8. The lowest BCUT2D eigenvalue weighted by molar-refractivity contribution is -0.119. The number of carbonyl (C=O) groups excluding carboxylic acids is 1. The molecule has 0 saturated carbocycles. The summed E-state index contributed by atoms with van der Waals surface area (Å²) in [6, 6.07) is 4.25. The molecule has 2 aromatic rings. The summed E-state index contributed by atoms with van der Waals surface area (Å²) < 4.78 is 0. The quantitative estimate of drug-likeness (QED) is 0.682. The van der Waals surface area contributed by atoms with Gasteiger partial charge in [0.25, 0.3) is 0 Å². The summed E-state index contributed by atoms with van der Waals surface area (Å²) in [6.45, 7) is 8.03. The van der Waals surface area contributed by atoms with Gasteiger partial charge in [-0.3, -0.25) is 10.2 Å². The number of aromatic nitrogens is 1. The molecule has 0 bridgehead atoms. The van der Waals surface area contributed by atoms with E-state index in [1.165, 1.54) is 10.9 Å². The van der Waals surface area contributed by atoms with Crippen molar-refractivity contribution >= 4 is 28.2 Å². The van der Waals surface area contributed by atoms with Gasteiger partial charge in [-0.1, -0.05) is 6.08 Å². The van der Waals surface area contributed by atoms with Crippen LogP contribution < -0.4 is 10.7 Å². The van der Waals surface area contributed by atoms with Crippen LogP contribution in [0, 0.1) is 0 Å². The van der Waals surface area contributed by atoms with Crippen LogP contribution >= 0.6 is 0 Å². The minimum Gasteiger partial charge on any atom is -0.353 e. The minimum absolute atomic E-state index is 0.0638. The van der Waals surface area contributed by atoms with E-state index in [1.807, 2.05) is 27.7 Å². The highest BCUT2D eigenvalue weighted by Crippen LogP contribution is 2.41. The first-order valence-corrected chi connectivity index (χ1v) is 8.86. The average Bonchev–Trinajstić information content (AvgIpc) is 3.02. The Labute approximate surface area is 147 Å². The number of hydrazone groups is 1. The lowest BCUT2D eigenvalue weighted by atomic mass is 9.85. The van der Waals surface area contributed by atoms with Crippen LogP contribution in [0.25, 0.3) is 10.9 Å². The molecule has 3 N–H and O–H groups in total. The van der Waals surface area contributed by atoms with Gasteiger partial charge in [-0.25, -0.2) is 0 Å². The van der Waals surface area contributed by atoms with Gasteiger partial charge in [0.15, 0.2) is 0 Å². The molecule has 0 saturated heterocycles. The molecule has 3 heterocycles. The smallest absolute Gasteiger partial charge is 0.234 e. The molecule has 0 spiro atoms. The van der Waals surface area contributed by atoms with Gasteiger partial charge in [-0.15, -0.1) is 0 Å². The SMILES string of the molecule is C/C1=C\CCCc2c([nH]c3cc4c(cc23)C(C)(C)C(=O)N4)/C(C)=N/N1. The highest BCUT2D eigenvalue weighted by Gasteiger charge is 2.38. The Kier molecular flexibility index (Phi) is 3.49. The monoisotopic (exact) mass is 336 g/mol. The zero-order valence-electron chi connectivity index (χ0n) is 15.2. The second kappa shape index (κ2) is 5.48. The van der Waals surface area contributed by atoms with Crippen LogP contribution in [0.4, 0.5) is 5.69 Å². The number of carbonyl (C=O) groups is 1. The maximum Gasteiger partial charge on any atom is 0.234 e. The van der Waals surface area contributed by atoms with Crippen molar-refractivity contribution in [2.45, 2.75) is 52.4 Å². The number of nitrogens with zero attached hydrogens (tertiary/aromatic N) is 1. The van der Waals surface area contributed by atoms with E-state index >= 15 is 0 Å². The Morgan fingerprint density at radius 1 is 1.20 bits per heavy atom. The number of nitrogens with one attached hydrogen (secondary N) is 3. The van der Waals surface area contributed by atoms with E-state index in [4.69, 9.17) is 0 Å². The van der Waals surface area contributed by atoms with E-state index < -0.39 is 5.41 Å². The van der Waals surface area contributed by atoms with Crippen LogP contribution in [0.1, 0.15) is 57.4 Å². The first kappa shape index (κ1) is 15.9. The van der Waals surface area contributed by atoms with Crippen molar-refractivity contribution in [3.8, 4) is 0 Å². The third-order valence-electron chi connectivity index (χ3n) is 5.38. The molecule has 1 aromatic carbocycles. The lowest BCUT2D eigenvalue weighted by Gasteiger charge is -2.15. The predicted molar refractivity (Wildman–Crippen MR) is 102 cm³/mol. The Bertz CT molecular complexity index is 946. The number of aromatic amines is 1. The summed E-state index contributed by atoms with van der Waals surface area (Å²) in [5.41, 5.74) is 10.1. The van der Waals surface area contributed by atoms with Crippen molar-refractivity contribution in [3.05, 3.63) is 40.7 Å². The van der Waals surface area contributed by atoms with Crippen LogP contribution in [0.2, 0.25) is 0 Å². The summed E-state index contributed by atoms with van der Waals surface area (Å²) in [6.07, 6.45) is 5.30. The van der Waals surface area contributed by atoms with Crippen molar-refractivity contribution < 1.29 is 4.79 Å². The number of benzene rings is 1. The van der Waals surface area contributed by atoms with Gasteiger partial charge in [0.05, 0.1) is 16.8 Å². The number of H-pyrrole nitrogens is 1. The Balaban J connectivity index is 1.91. The Morgan fingerprint density at radius 3 is 2.80 bits per heavy atom. The third kappa shape index (κ3) is 2.46. The van der Waals surface area contributed by atoms with E-state index in [0.717, 1.165) is 53.1 Å². The van der Waals surface area contributed by atoms with E-state index in [2.05, 4.69) is 39.0 Å². The minimum atomic E-state index is -0.492. The summed E-state index contributed by atoms with van der Waals surface area (Å²) >= 11 is 0. The molecular formula is C20H24N4O. The number of fused-ring (bicyclic) bond motifs is 4. The molecule has 0 fully saturated rings.